The summed E-state index contributed by atoms with van der Waals surface area (Å²) < 4.78 is 2.44. The summed E-state index contributed by atoms with van der Waals surface area (Å²) in [6.45, 7) is 5.68. The number of nitrogens with zero attached hydrogens (tertiary/aromatic N) is 2. The summed E-state index contributed by atoms with van der Waals surface area (Å²) in [5.74, 6) is 1.79. The van der Waals surface area contributed by atoms with E-state index in [0.29, 0.717) is 11.3 Å². The van der Waals surface area contributed by atoms with E-state index in [2.05, 4.69) is 36.6 Å². The summed E-state index contributed by atoms with van der Waals surface area (Å²) in [5.41, 5.74) is 4.10. The fourth-order valence-electron chi connectivity index (χ4n) is 3.68. The maximum absolute atomic E-state index is 5.99. The molecule has 1 saturated carbocycles. The number of fused-ring (bicyclic) bond motifs is 1. The Hall–Kier alpha value is -1.02. The number of hydrogen-bond acceptors (Lipinski definition) is 1. The molecule has 1 aliphatic rings. The normalized spacial score (nSPS) is 18.2. The van der Waals surface area contributed by atoms with Crippen LogP contribution in [0.25, 0.3) is 11.0 Å². The van der Waals surface area contributed by atoms with Crippen molar-refractivity contribution in [3.05, 3.63) is 29.6 Å². The highest BCUT2D eigenvalue weighted by Gasteiger charge is 2.28. The van der Waals surface area contributed by atoms with Crippen molar-refractivity contribution in [1.29, 1.82) is 0 Å². The number of benzene rings is 1. The molecule has 0 aliphatic heterocycles. The largest absolute Gasteiger partial charge is 0.327 e. The Kier molecular flexibility index (Phi) is 4.26. The zero-order valence-corrected chi connectivity index (χ0v) is 13.9. The fraction of sp³-hybridized carbons (Fsp3) is 0.611. The Morgan fingerprint density at radius 2 is 2.00 bits per heavy atom. The smallest absolute Gasteiger partial charge is 0.111 e. The highest BCUT2D eigenvalue weighted by molar-refractivity contribution is 6.17. The molecule has 3 heteroatoms. The average molecular weight is 305 g/mol. The van der Waals surface area contributed by atoms with E-state index in [1.807, 2.05) is 0 Å². The maximum Gasteiger partial charge on any atom is 0.111 e. The van der Waals surface area contributed by atoms with Gasteiger partial charge in [-0.25, -0.2) is 4.98 Å². The first-order valence-electron chi connectivity index (χ1n) is 8.13. The molecule has 2 nitrogen and oxygen atoms in total. The van der Waals surface area contributed by atoms with E-state index < -0.39 is 0 Å². The quantitative estimate of drug-likeness (QED) is 0.719. The molecule has 0 amide bonds. The molecule has 21 heavy (non-hydrogen) atoms. The van der Waals surface area contributed by atoms with Gasteiger partial charge in [0.25, 0.3) is 0 Å². The molecule has 0 atom stereocenters. The van der Waals surface area contributed by atoms with Gasteiger partial charge in [-0.05, 0) is 42.9 Å². The van der Waals surface area contributed by atoms with Crippen molar-refractivity contribution in [1.82, 2.24) is 9.55 Å². The minimum atomic E-state index is 0.413. The summed E-state index contributed by atoms with van der Waals surface area (Å²) in [7, 11) is 0. The Balaban J connectivity index is 2.01. The van der Waals surface area contributed by atoms with Crippen molar-refractivity contribution in [2.75, 3.05) is 5.88 Å². The molecule has 0 bridgehead atoms. The first-order chi connectivity index (χ1) is 10.1. The van der Waals surface area contributed by atoms with Crippen LogP contribution in [0.15, 0.2) is 18.2 Å². The van der Waals surface area contributed by atoms with E-state index in [4.69, 9.17) is 16.6 Å². The van der Waals surface area contributed by atoms with E-state index in [1.165, 1.54) is 43.2 Å². The van der Waals surface area contributed by atoms with E-state index in [9.17, 15) is 0 Å². The third-order valence-electron chi connectivity index (χ3n) is 4.90. The van der Waals surface area contributed by atoms with E-state index in [-0.39, 0.29) is 0 Å². The second-order valence-corrected chi connectivity index (χ2v) is 7.29. The Morgan fingerprint density at radius 1 is 1.24 bits per heavy atom. The van der Waals surface area contributed by atoms with Gasteiger partial charge in [-0.15, -0.1) is 11.6 Å². The van der Waals surface area contributed by atoms with Crippen molar-refractivity contribution in [3.8, 4) is 0 Å². The summed E-state index contributed by atoms with van der Waals surface area (Å²) in [6.07, 6.45) is 7.65. The van der Waals surface area contributed by atoms with Crippen LogP contribution in [0.1, 0.15) is 50.4 Å². The number of alkyl halides is 1. The molecule has 2 aromatic rings. The number of aryl methyl sites for hydroxylation is 2. The molecule has 0 radical (unpaired) electrons. The van der Waals surface area contributed by atoms with E-state index >= 15 is 0 Å². The predicted octanol–water partition coefficient (Wildman–Crippen LogP) is 5.10. The van der Waals surface area contributed by atoms with Crippen LogP contribution in [-0.2, 0) is 13.0 Å². The van der Waals surface area contributed by atoms with Gasteiger partial charge in [0.1, 0.15) is 5.82 Å². The molecular formula is C18H25ClN2. The summed E-state index contributed by atoms with van der Waals surface area (Å²) in [5, 5.41) is 0. The molecule has 3 rings (SSSR count). The highest BCUT2D eigenvalue weighted by atomic mass is 35.5. The molecule has 0 spiro atoms. The number of halogens is 1. The second kappa shape index (κ2) is 6.00. The van der Waals surface area contributed by atoms with Gasteiger partial charge in [0.2, 0.25) is 0 Å². The zero-order chi connectivity index (χ0) is 14.9. The number of aromatic nitrogens is 2. The molecule has 0 unspecified atom stereocenters. The summed E-state index contributed by atoms with van der Waals surface area (Å²) in [4.78, 5) is 4.82. The van der Waals surface area contributed by atoms with E-state index in [1.54, 1.807) is 0 Å². The molecular weight excluding hydrogens is 280 g/mol. The van der Waals surface area contributed by atoms with Crippen LogP contribution in [0.5, 0.6) is 0 Å². The maximum atomic E-state index is 5.99. The van der Waals surface area contributed by atoms with Crippen LogP contribution < -0.4 is 0 Å². The molecule has 0 saturated heterocycles. The minimum Gasteiger partial charge on any atom is -0.327 e. The Bertz CT molecular complexity index is 623. The lowest BCUT2D eigenvalue weighted by Crippen LogP contribution is -2.27. The fourth-order valence-corrected chi connectivity index (χ4v) is 3.85. The van der Waals surface area contributed by atoms with Gasteiger partial charge >= 0.3 is 0 Å². The lowest BCUT2D eigenvalue weighted by Gasteiger charge is -2.34. The monoisotopic (exact) mass is 304 g/mol. The van der Waals surface area contributed by atoms with Crippen LogP contribution >= 0.6 is 11.6 Å². The Morgan fingerprint density at radius 3 is 2.71 bits per heavy atom. The lowest BCUT2D eigenvalue weighted by molar-refractivity contribution is 0.183. The molecule has 1 heterocycles. The van der Waals surface area contributed by atoms with Crippen molar-refractivity contribution in [3.63, 3.8) is 0 Å². The van der Waals surface area contributed by atoms with Crippen LogP contribution in [0.4, 0.5) is 0 Å². The number of rotatable bonds is 4. The van der Waals surface area contributed by atoms with Crippen molar-refractivity contribution >= 4 is 22.6 Å². The number of hydrogen-bond donors (Lipinski definition) is 0. The summed E-state index contributed by atoms with van der Waals surface area (Å²) in [6, 6.07) is 6.56. The molecule has 1 aliphatic carbocycles. The minimum absolute atomic E-state index is 0.413. The Labute approximate surface area is 132 Å². The molecule has 1 aromatic heterocycles. The van der Waals surface area contributed by atoms with Gasteiger partial charge in [-0.2, -0.15) is 0 Å². The van der Waals surface area contributed by atoms with Gasteiger partial charge in [0.05, 0.1) is 11.0 Å². The molecule has 1 aromatic carbocycles. The summed E-state index contributed by atoms with van der Waals surface area (Å²) >= 11 is 5.99. The molecule has 1 fully saturated rings. The first kappa shape index (κ1) is 14.9. The number of imidazole rings is 1. The first-order valence-corrected chi connectivity index (χ1v) is 8.66. The SMILES string of the molecule is Cc1ccc2nc(CCCl)n(CC3(C)CCCCC3)c2c1. The van der Waals surface area contributed by atoms with Gasteiger partial charge in [0, 0.05) is 18.8 Å². The van der Waals surface area contributed by atoms with E-state index in [0.717, 1.165) is 24.3 Å². The van der Waals surface area contributed by atoms with Crippen LogP contribution in [0.3, 0.4) is 0 Å². The van der Waals surface area contributed by atoms with Gasteiger partial charge < -0.3 is 4.57 Å². The zero-order valence-electron chi connectivity index (χ0n) is 13.2. The second-order valence-electron chi connectivity index (χ2n) is 6.92. The highest BCUT2D eigenvalue weighted by Crippen LogP contribution is 2.38. The lowest BCUT2D eigenvalue weighted by atomic mass is 9.75. The van der Waals surface area contributed by atoms with Crippen molar-refractivity contribution in [2.45, 2.75) is 58.9 Å². The van der Waals surface area contributed by atoms with Crippen LogP contribution in [0.2, 0.25) is 0 Å². The van der Waals surface area contributed by atoms with Crippen LogP contribution in [-0.4, -0.2) is 15.4 Å². The topological polar surface area (TPSA) is 17.8 Å². The van der Waals surface area contributed by atoms with Crippen molar-refractivity contribution < 1.29 is 0 Å². The predicted molar refractivity (Wildman–Crippen MR) is 90.1 cm³/mol. The third-order valence-corrected chi connectivity index (χ3v) is 5.09. The van der Waals surface area contributed by atoms with Crippen LogP contribution in [0, 0.1) is 12.3 Å². The van der Waals surface area contributed by atoms with Gasteiger partial charge in [-0.3, -0.25) is 0 Å². The average Bonchev–Trinajstić information content (AvgIpc) is 2.77. The third kappa shape index (κ3) is 3.11. The van der Waals surface area contributed by atoms with Gasteiger partial charge in [-0.1, -0.05) is 32.3 Å². The van der Waals surface area contributed by atoms with Crippen molar-refractivity contribution in [2.24, 2.45) is 5.41 Å². The standard InChI is InChI=1S/C18H25ClN2/c1-14-6-7-15-16(12-14)21(17(20-15)8-11-19)13-18(2)9-4-3-5-10-18/h6-7,12H,3-5,8-11,13H2,1-2H3. The van der Waals surface area contributed by atoms with Gasteiger partial charge in [0.15, 0.2) is 0 Å². The molecule has 114 valence electrons. The molecule has 0 N–H and O–H groups in total.